The van der Waals surface area contributed by atoms with Gasteiger partial charge in [0.2, 0.25) is 5.91 Å². The summed E-state index contributed by atoms with van der Waals surface area (Å²) in [5, 5.41) is 6.92. The van der Waals surface area contributed by atoms with Gasteiger partial charge in [0.05, 0.1) is 0 Å². The molecule has 1 aromatic heterocycles. The van der Waals surface area contributed by atoms with Crippen LogP contribution in [0.4, 0.5) is 11.6 Å². The van der Waals surface area contributed by atoms with Crippen molar-refractivity contribution in [1.29, 1.82) is 0 Å². The third-order valence-electron chi connectivity index (χ3n) is 3.25. The van der Waals surface area contributed by atoms with Gasteiger partial charge in [-0.2, -0.15) is 0 Å². The molecule has 1 saturated heterocycles. The SMILES string of the molecule is CNc1cc(NCCC(=O)N2CCCC2)nc(SC)n1. The van der Waals surface area contributed by atoms with Gasteiger partial charge in [0, 0.05) is 39.2 Å². The normalized spacial score (nSPS) is 14.4. The van der Waals surface area contributed by atoms with Gasteiger partial charge in [-0.1, -0.05) is 11.8 Å². The summed E-state index contributed by atoms with van der Waals surface area (Å²) in [4.78, 5) is 22.5. The lowest BCUT2D eigenvalue weighted by Gasteiger charge is -2.15. The number of nitrogens with one attached hydrogen (secondary N) is 2. The fourth-order valence-corrected chi connectivity index (χ4v) is 2.54. The zero-order valence-corrected chi connectivity index (χ0v) is 12.8. The number of amides is 1. The highest BCUT2D eigenvalue weighted by Crippen LogP contribution is 2.17. The van der Waals surface area contributed by atoms with Crippen LogP contribution in [-0.4, -0.2) is 53.7 Å². The first-order chi connectivity index (χ1) is 9.72. The number of hydrogen-bond donors (Lipinski definition) is 2. The molecule has 0 unspecified atom stereocenters. The van der Waals surface area contributed by atoms with Gasteiger partial charge in [0.1, 0.15) is 11.6 Å². The molecule has 1 aliphatic heterocycles. The Morgan fingerprint density at radius 1 is 1.35 bits per heavy atom. The molecule has 0 atom stereocenters. The van der Waals surface area contributed by atoms with Crippen LogP contribution in [0.5, 0.6) is 0 Å². The van der Waals surface area contributed by atoms with E-state index >= 15 is 0 Å². The molecule has 0 saturated carbocycles. The summed E-state index contributed by atoms with van der Waals surface area (Å²) in [5.41, 5.74) is 0. The van der Waals surface area contributed by atoms with E-state index in [0.717, 1.165) is 37.6 Å². The molecule has 7 heteroatoms. The second-order valence-corrected chi connectivity index (χ2v) is 5.41. The Kier molecular flexibility index (Phi) is 5.46. The molecule has 2 N–H and O–H groups in total. The van der Waals surface area contributed by atoms with Gasteiger partial charge in [-0.15, -0.1) is 0 Å². The maximum Gasteiger partial charge on any atom is 0.224 e. The first-order valence-electron chi connectivity index (χ1n) is 6.85. The summed E-state index contributed by atoms with van der Waals surface area (Å²) in [7, 11) is 1.83. The third-order valence-corrected chi connectivity index (χ3v) is 3.80. The van der Waals surface area contributed by atoms with Gasteiger partial charge in [-0.25, -0.2) is 9.97 Å². The van der Waals surface area contributed by atoms with E-state index in [9.17, 15) is 4.79 Å². The van der Waals surface area contributed by atoms with Crippen LogP contribution in [0.2, 0.25) is 0 Å². The lowest BCUT2D eigenvalue weighted by Crippen LogP contribution is -2.29. The van der Waals surface area contributed by atoms with Gasteiger partial charge in [0.15, 0.2) is 5.16 Å². The van der Waals surface area contributed by atoms with Crippen molar-refractivity contribution in [3.63, 3.8) is 0 Å². The Labute approximate surface area is 123 Å². The van der Waals surface area contributed by atoms with E-state index in [2.05, 4.69) is 20.6 Å². The molecule has 2 heterocycles. The second kappa shape index (κ2) is 7.33. The lowest BCUT2D eigenvalue weighted by molar-refractivity contribution is -0.129. The standard InChI is InChI=1S/C13H21N5OS/c1-14-10-9-11(17-13(16-10)20-2)15-6-5-12(19)18-7-3-4-8-18/h9H,3-8H2,1-2H3,(H2,14,15,16,17). The number of rotatable bonds is 6. The molecule has 0 bridgehead atoms. The number of carbonyl (C=O) groups is 1. The molecule has 2 rings (SSSR count). The van der Waals surface area contributed by atoms with Crippen LogP contribution in [0, 0.1) is 0 Å². The third kappa shape index (κ3) is 4.00. The molecule has 1 aromatic rings. The quantitative estimate of drug-likeness (QED) is 0.614. The highest BCUT2D eigenvalue weighted by molar-refractivity contribution is 7.98. The average Bonchev–Trinajstić information content (AvgIpc) is 3.01. The van der Waals surface area contributed by atoms with Crippen LogP contribution in [0.3, 0.4) is 0 Å². The number of likely N-dealkylation sites (tertiary alicyclic amines) is 1. The van der Waals surface area contributed by atoms with Crippen LogP contribution in [-0.2, 0) is 4.79 Å². The Morgan fingerprint density at radius 2 is 2.05 bits per heavy atom. The molecule has 1 aliphatic rings. The summed E-state index contributed by atoms with van der Waals surface area (Å²) in [6, 6.07) is 1.85. The van der Waals surface area contributed by atoms with Crippen LogP contribution >= 0.6 is 11.8 Å². The van der Waals surface area contributed by atoms with Crippen molar-refractivity contribution in [2.75, 3.05) is 43.6 Å². The van der Waals surface area contributed by atoms with E-state index < -0.39 is 0 Å². The monoisotopic (exact) mass is 295 g/mol. The van der Waals surface area contributed by atoms with E-state index in [1.165, 1.54) is 11.8 Å². The molecule has 110 valence electrons. The highest BCUT2D eigenvalue weighted by atomic mass is 32.2. The maximum atomic E-state index is 11.9. The van der Waals surface area contributed by atoms with Crippen LogP contribution in [0.1, 0.15) is 19.3 Å². The van der Waals surface area contributed by atoms with Crippen molar-refractivity contribution in [3.05, 3.63) is 6.07 Å². The van der Waals surface area contributed by atoms with Crippen molar-refractivity contribution in [1.82, 2.24) is 14.9 Å². The predicted octanol–water partition coefficient (Wildman–Crippen LogP) is 1.66. The first-order valence-corrected chi connectivity index (χ1v) is 8.08. The maximum absolute atomic E-state index is 11.9. The Hall–Kier alpha value is -1.50. The molecule has 0 spiro atoms. The van der Waals surface area contributed by atoms with Gasteiger partial charge >= 0.3 is 0 Å². The minimum atomic E-state index is 0.225. The molecular weight excluding hydrogens is 274 g/mol. The largest absolute Gasteiger partial charge is 0.373 e. The number of carbonyl (C=O) groups excluding carboxylic acids is 1. The first kappa shape index (κ1) is 14.9. The van der Waals surface area contributed by atoms with E-state index in [1.54, 1.807) is 0 Å². The van der Waals surface area contributed by atoms with Crippen molar-refractivity contribution >= 4 is 29.3 Å². The minimum absolute atomic E-state index is 0.225. The molecule has 0 radical (unpaired) electrons. The van der Waals surface area contributed by atoms with Crippen molar-refractivity contribution in [2.45, 2.75) is 24.4 Å². The van der Waals surface area contributed by atoms with Crippen molar-refractivity contribution < 1.29 is 4.79 Å². The molecule has 6 nitrogen and oxygen atoms in total. The molecule has 20 heavy (non-hydrogen) atoms. The Bertz CT molecular complexity index is 440. The van der Waals surface area contributed by atoms with E-state index in [0.29, 0.717) is 18.1 Å². The summed E-state index contributed by atoms with van der Waals surface area (Å²) >= 11 is 1.50. The predicted molar refractivity (Wildman–Crippen MR) is 82.3 cm³/mol. The summed E-state index contributed by atoms with van der Waals surface area (Å²) in [5.74, 6) is 1.75. The zero-order chi connectivity index (χ0) is 14.4. The topological polar surface area (TPSA) is 70.2 Å². The van der Waals surface area contributed by atoms with E-state index in [1.807, 2.05) is 24.3 Å². The van der Waals surface area contributed by atoms with E-state index in [-0.39, 0.29) is 5.91 Å². The van der Waals surface area contributed by atoms with E-state index in [4.69, 9.17) is 0 Å². The highest BCUT2D eigenvalue weighted by Gasteiger charge is 2.17. The van der Waals surface area contributed by atoms with Crippen LogP contribution in [0.15, 0.2) is 11.2 Å². The number of thioether (sulfide) groups is 1. The van der Waals surface area contributed by atoms with Crippen LogP contribution < -0.4 is 10.6 Å². The van der Waals surface area contributed by atoms with Gasteiger partial charge in [0.25, 0.3) is 0 Å². The number of aromatic nitrogens is 2. The van der Waals surface area contributed by atoms with Gasteiger partial charge < -0.3 is 15.5 Å². The summed E-state index contributed by atoms with van der Waals surface area (Å²) in [6.07, 6.45) is 4.71. The van der Waals surface area contributed by atoms with Gasteiger partial charge in [-0.05, 0) is 19.1 Å². The Balaban J connectivity index is 1.85. The smallest absolute Gasteiger partial charge is 0.224 e. The zero-order valence-electron chi connectivity index (χ0n) is 12.0. The fraction of sp³-hybridized carbons (Fsp3) is 0.615. The molecular formula is C13H21N5OS. The second-order valence-electron chi connectivity index (χ2n) is 4.64. The number of hydrogen-bond acceptors (Lipinski definition) is 6. The molecule has 0 aliphatic carbocycles. The minimum Gasteiger partial charge on any atom is -0.373 e. The number of anilines is 2. The molecule has 0 aromatic carbocycles. The van der Waals surface area contributed by atoms with Crippen molar-refractivity contribution in [3.8, 4) is 0 Å². The molecule has 1 amide bonds. The van der Waals surface area contributed by atoms with Crippen LogP contribution in [0.25, 0.3) is 0 Å². The Morgan fingerprint density at radius 3 is 2.70 bits per heavy atom. The average molecular weight is 295 g/mol. The van der Waals surface area contributed by atoms with Crippen molar-refractivity contribution in [2.24, 2.45) is 0 Å². The molecule has 1 fully saturated rings. The van der Waals surface area contributed by atoms with Gasteiger partial charge in [-0.3, -0.25) is 4.79 Å². The lowest BCUT2D eigenvalue weighted by atomic mass is 10.3. The summed E-state index contributed by atoms with van der Waals surface area (Å²) in [6.45, 7) is 2.42. The number of nitrogens with zero attached hydrogens (tertiary/aromatic N) is 3. The fourth-order valence-electron chi connectivity index (χ4n) is 2.16. The summed E-state index contributed by atoms with van der Waals surface area (Å²) < 4.78 is 0.